The largest absolute Gasteiger partial charge is 0.493 e. The topological polar surface area (TPSA) is 94.1 Å². The van der Waals surface area contributed by atoms with E-state index in [-0.39, 0.29) is 17.2 Å². The lowest BCUT2D eigenvalue weighted by molar-refractivity contribution is -0.116. The number of nitrogens with one attached hydrogen (secondary N) is 1. The SMILES string of the molecule is COc1ccc([C@@H]2CC(=O)Nc3c2sc(C(=O)O)c3-c2ccc(C)cc2)c(OC)c1OC. The Morgan fingerprint density at radius 1 is 1.03 bits per heavy atom. The van der Waals surface area contributed by atoms with Crippen molar-refractivity contribution in [2.75, 3.05) is 26.6 Å². The van der Waals surface area contributed by atoms with Gasteiger partial charge in [0, 0.05) is 28.3 Å². The first-order valence-corrected chi connectivity index (χ1v) is 10.8. The van der Waals surface area contributed by atoms with E-state index < -0.39 is 11.9 Å². The summed E-state index contributed by atoms with van der Waals surface area (Å²) < 4.78 is 16.5. The third-order valence-corrected chi connectivity index (χ3v) is 6.84. The first-order chi connectivity index (χ1) is 15.4. The molecule has 0 spiro atoms. The first kappa shape index (κ1) is 21.7. The predicted molar refractivity (Wildman–Crippen MR) is 123 cm³/mol. The van der Waals surface area contributed by atoms with E-state index in [9.17, 15) is 14.7 Å². The Bertz CT molecular complexity index is 1200. The van der Waals surface area contributed by atoms with Crippen molar-refractivity contribution in [1.82, 2.24) is 0 Å². The molecule has 2 aromatic carbocycles. The van der Waals surface area contributed by atoms with Gasteiger partial charge in [0.1, 0.15) is 4.88 Å². The highest BCUT2D eigenvalue weighted by Crippen LogP contribution is 2.53. The van der Waals surface area contributed by atoms with Crippen LogP contribution in [0.25, 0.3) is 11.1 Å². The molecule has 7 nitrogen and oxygen atoms in total. The molecule has 0 unspecified atom stereocenters. The Labute approximate surface area is 189 Å². The van der Waals surface area contributed by atoms with Gasteiger partial charge >= 0.3 is 5.97 Å². The molecule has 1 aromatic heterocycles. The van der Waals surface area contributed by atoms with Gasteiger partial charge in [0.25, 0.3) is 0 Å². The van der Waals surface area contributed by atoms with Crippen LogP contribution in [0.2, 0.25) is 0 Å². The Morgan fingerprint density at radius 2 is 1.72 bits per heavy atom. The second-order valence-corrected chi connectivity index (χ2v) is 8.50. The molecule has 0 bridgehead atoms. The number of carboxylic acid groups (broad SMARTS) is 1. The lowest BCUT2D eigenvalue weighted by atomic mass is 9.87. The van der Waals surface area contributed by atoms with Crippen molar-refractivity contribution in [3.05, 3.63) is 57.3 Å². The van der Waals surface area contributed by atoms with Crippen molar-refractivity contribution in [1.29, 1.82) is 0 Å². The van der Waals surface area contributed by atoms with E-state index in [1.165, 1.54) is 32.7 Å². The van der Waals surface area contributed by atoms with Crippen molar-refractivity contribution in [3.8, 4) is 28.4 Å². The normalized spacial score (nSPS) is 15.0. The Balaban J connectivity index is 1.96. The van der Waals surface area contributed by atoms with Gasteiger partial charge in [-0.05, 0) is 18.6 Å². The van der Waals surface area contributed by atoms with Crippen LogP contribution >= 0.6 is 11.3 Å². The number of methoxy groups -OCH3 is 3. The van der Waals surface area contributed by atoms with Crippen LogP contribution in [0.5, 0.6) is 17.2 Å². The number of thiophene rings is 1. The standard InChI is InChI=1S/C24H23NO6S/c1-12-5-7-13(8-6-12)18-19-22(32-23(18)24(27)28)15(11-17(26)25-19)14-9-10-16(29-2)21(31-4)20(14)30-3/h5-10,15H,11H2,1-4H3,(H,25,26)(H,27,28)/t15-/m0/s1. The molecule has 32 heavy (non-hydrogen) atoms. The highest BCUT2D eigenvalue weighted by atomic mass is 32.1. The number of hydrogen-bond donors (Lipinski definition) is 2. The number of fused-ring (bicyclic) bond motifs is 1. The fraction of sp³-hybridized carbons (Fsp3) is 0.250. The fourth-order valence-electron chi connectivity index (χ4n) is 4.08. The molecule has 3 aromatic rings. The van der Waals surface area contributed by atoms with Gasteiger partial charge in [-0.1, -0.05) is 35.9 Å². The maximum atomic E-state index is 12.8. The predicted octanol–water partition coefficient (Wildman–Crippen LogP) is 4.92. The molecule has 0 fully saturated rings. The third-order valence-electron chi connectivity index (χ3n) is 5.55. The second kappa shape index (κ2) is 8.55. The monoisotopic (exact) mass is 453 g/mol. The zero-order valence-electron chi connectivity index (χ0n) is 18.1. The van der Waals surface area contributed by atoms with Gasteiger partial charge in [-0.15, -0.1) is 11.3 Å². The number of amides is 1. The number of rotatable bonds is 6. The van der Waals surface area contributed by atoms with Crippen LogP contribution in [0.1, 0.15) is 38.0 Å². The van der Waals surface area contributed by atoms with Gasteiger partial charge in [-0.25, -0.2) is 4.79 Å². The minimum absolute atomic E-state index is 0.158. The summed E-state index contributed by atoms with van der Waals surface area (Å²) in [5.74, 6) is -0.231. The van der Waals surface area contributed by atoms with Crippen LogP contribution in [0, 0.1) is 6.92 Å². The molecule has 0 saturated heterocycles. The van der Waals surface area contributed by atoms with Gasteiger partial charge in [0.05, 0.1) is 27.0 Å². The maximum absolute atomic E-state index is 12.8. The summed E-state index contributed by atoms with van der Waals surface area (Å²) >= 11 is 1.17. The maximum Gasteiger partial charge on any atom is 0.346 e. The fourth-order valence-corrected chi connectivity index (χ4v) is 5.32. The smallest absolute Gasteiger partial charge is 0.346 e. The van der Waals surface area contributed by atoms with Gasteiger partial charge in [0.2, 0.25) is 11.7 Å². The number of aryl methyl sites for hydroxylation is 1. The van der Waals surface area contributed by atoms with E-state index in [0.717, 1.165) is 21.6 Å². The summed E-state index contributed by atoms with van der Waals surface area (Å²) in [6.45, 7) is 1.96. The van der Waals surface area contributed by atoms with E-state index in [1.807, 2.05) is 37.3 Å². The third kappa shape index (κ3) is 3.56. The highest BCUT2D eigenvalue weighted by Gasteiger charge is 2.36. The lowest BCUT2D eigenvalue weighted by Crippen LogP contribution is -2.23. The van der Waals surface area contributed by atoms with Crippen LogP contribution in [0.15, 0.2) is 36.4 Å². The summed E-state index contributed by atoms with van der Waals surface area (Å²) in [5.41, 5.74) is 3.59. The van der Waals surface area contributed by atoms with E-state index in [4.69, 9.17) is 14.2 Å². The molecule has 1 amide bonds. The summed E-state index contributed by atoms with van der Waals surface area (Å²) in [5, 5.41) is 12.9. The Kier molecular flexibility index (Phi) is 5.80. The molecule has 1 atom stereocenters. The molecule has 0 radical (unpaired) electrons. The lowest BCUT2D eigenvalue weighted by Gasteiger charge is -2.26. The van der Waals surface area contributed by atoms with Crippen molar-refractivity contribution >= 4 is 28.9 Å². The second-order valence-electron chi connectivity index (χ2n) is 7.45. The van der Waals surface area contributed by atoms with Gasteiger partial charge < -0.3 is 24.6 Å². The van der Waals surface area contributed by atoms with Crippen molar-refractivity contribution in [2.24, 2.45) is 0 Å². The van der Waals surface area contributed by atoms with E-state index >= 15 is 0 Å². The number of benzene rings is 2. The molecule has 1 aliphatic heterocycles. The quantitative estimate of drug-likeness (QED) is 0.550. The number of carbonyl (C=O) groups is 2. The summed E-state index contributed by atoms with van der Waals surface area (Å²) in [6, 6.07) is 11.2. The summed E-state index contributed by atoms with van der Waals surface area (Å²) in [6.07, 6.45) is 0.158. The van der Waals surface area contributed by atoms with E-state index in [1.54, 1.807) is 6.07 Å². The number of carboxylic acids is 1. The van der Waals surface area contributed by atoms with Crippen molar-refractivity contribution < 1.29 is 28.9 Å². The van der Waals surface area contributed by atoms with Gasteiger partial charge in [0.15, 0.2) is 11.5 Å². The van der Waals surface area contributed by atoms with E-state index in [2.05, 4.69) is 5.32 Å². The summed E-state index contributed by atoms with van der Waals surface area (Å²) in [4.78, 5) is 25.9. The number of ether oxygens (including phenoxy) is 3. The average Bonchev–Trinajstić information content (AvgIpc) is 3.17. The number of hydrogen-bond acceptors (Lipinski definition) is 6. The van der Waals surface area contributed by atoms with Crippen molar-refractivity contribution in [2.45, 2.75) is 19.3 Å². The Morgan fingerprint density at radius 3 is 2.31 bits per heavy atom. The zero-order chi connectivity index (χ0) is 23.0. The molecule has 2 heterocycles. The first-order valence-electron chi connectivity index (χ1n) is 9.95. The van der Waals surface area contributed by atoms with Crippen LogP contribution in [-0.4, -0.2) is 38.3 Å². The molecule has 0 aliphatic carbocycles. The van der Waals surface area contributed by atoms with Crippen LogP contribution in [0.4, 0.5) is 5.69 Å². The van der Waals surface area contributed by atoms with Crippen molar-refractivity contribution in [3.63, 3.8) is 0 Å². The molecule has 8 heteroatoms. The summed E-state index contributed by atoms with van der Waals surface area (Å²) in [7, 11) is 4.58. The van der Waals surface area contributed by atoms with E-state index in [0.29, 0.717) is 28.5 Å². The average molecular weight is 454 g/mol. The zero-order valence-corrected chi connectivity index (χ0v) is 19.0. The molecular formula is C24H23NO6S. The van der Waals surface area contributed by atoms with Gasteiger partial charge in [-0.3, -0.25) is 4.79 Å². The van der Waals surface area contributed by atoms with Crippen LogP contribution in [-0.2, 0) is 4.79 Å². The minimum atomic E-state index is -1.03. The molecule has 1 aliphatic rings. The van der Waals surface area contributed by atoms with Crippen LogP contribution < -0.4 is 19.5 Å². The minimum Gasteiger partial charge on any atom is -0.493 e. The van der Waals surface area contributed by atoms with Crippen LogP contribution in [0.3, 0.4) is 0 Å². The van der Waals surface area contributed by atoms with Gasteiger partial charge in [-0.2, -0.15) is 0 Å². The molecular weight excluding hydrogens is 430 g/mol. The molecule has 2 N–H and O–H groups in total. The molecule has 0 saturated carbocycles. The number of anilines is 1. The number of carbonyl (C=O) groups excluding carboxylic acids is 1. The number of aromatic carboxylic acids is 1. The highest BCUT2D eigenvalue weighted by molar-refractivity contribution is 7.15. The Hall–Kier alpha value is -3.52. The molecule has 166 valence electrons. The molecule has 4 rings (SSSR count).